The zero-order chi connectivity index (χ0) is 19.6. The highest BCUT2D eigenvalue weighted by atomic mass is 16.2. The molecule has 0 radical (unpaired) electrons. The average molecular weight is 367 g/mol. The Bertz CT molecular complexity index is 813. The molecule has 3 rings (SSSR count). The van der Waals surface area contributed by atoms with Crippen molar-refractivity contribution in [3.63, 3.8) is 0 Å². The molecule has 0 aliphatic carbocycles. The van der Waals surface area contributed by atoms with Crippen LogP contribution >= 0.6 is 0 Å². The second-order valence-corrected chi connectivity index (χ2v) is 8.18. The van der Waals surface area contributed by atoms with Crippen molar-refractivity contribution in [1.82, 2.24) is 19.9 Å². The second kappa shape index (κ2) is 7.62. The predicted molar refractivity (Wildman–Crippen MR) is 108 cm³/mol. The molecular weight excluding hydrogens is 338 g/mol. The average Bonchev–Trinajstić information content (AvgIpc) is 2.89. The van der Waals surface area contributed by atoms with Gasteiger partial charge in [0.05, 0.1) is 0 Å². The van der Waals surface area contributed by atoms with Gasteiger partial charge in [-0.3, -0.25) is 9.78 Å². The first-order valence-electron chi connectivity index (χ1n) is 9.58. The van der Waals surface area contributed by atoms with Gasteiger partial charge in [-0.25, -0.2) is 9.97 Å². The summed E-state index contributed by atoms with van der Waals surface area (Å²) in [6.07, 6.45) is 2.69. The number of carbonyl (C=O) groups is 1. The van der Waals surface area contributed by atoms with Crippen molar-refractivity contribution < 1.29 is 4.79 Å². The van der Waals surface area contributed by atoms with Crippen LogP contribution < -0.4 is 4.90 Å². The van der Waals surface area contributed by atoms with E-state index in [0.29, 0.717) is 5.82 Å². The molecule has 1 fully saturated rings. The standard InChI is InChI=1S/C21H29N5O/c1-15-16(2)23-18(17-9-6-7-10-22-17)24-19(15)25-11-8-12-26(14-13-25)20(27)21(3,4)5/h6-7,9-10H,8,11-14H2,1-5H3. The van der Waals surface area contributed by atoms with Crippen molar-refractivity contribution in [2.75, 3.05) is 31.1 Å². The van der Waals surface area contributed by atoms with Gasteiger partial charge in [-0.1, -0.05) is 26.8 Å². The number of nitrogens with zero attached hydrogens (tertiary/aromatic N) is 5. The molecule has 144 valence electrons. The van der Waals surface area contributed by atoms with Crippen molar-refractivity contribution in [2.24, 2.45) is 5.41 Å². The number of aryl methyl sites for hydroxylation is 1. The van der Waals surface area contributed by atoms with Crippen LogP contribution in [-0.2, 0) is 4.79 Å². The smallest absolute Gasteiger partial charge is 0.228 e. The van der Waals surface area contributed by atoms with Crippen LogP contribution in [-0.4, -0.2) is 51.9 Å². The maximum Gasteiger partial charge on any atom is 0.228 e. The molecular formula is C21H29N5O. The van der Waals surface area contributed by atoms with Crippen LogP contribution in [0, 0.1) is 19.3 Å². The van der Waals surface area contributed by atoms with Gasteiger partial charge < -0.3 is 9.80 Å². The lowest BCUT2D eigenvalue weighted by Crippen LogP contribution is -2.41. The summed E-state index contributed by atoms with van der Waals surface area (Å²) in [5.41, 5.74) is 2.49. The van der Waals surface area contributed by atoms with E-state index in [1.165, 1.54) is 0 Å². The molecule has 1 saturated heterocycles. The summed E-state index contributed by atoms with van der Waals surface area (Å²) < 4.78 is 0. The van der Waals surface area contributed by atoms with E-state index in [1.54, 1.807) is 6.20 Å². The lowest BCUT2D eigenvalue weighted by molar-refractivity contribution is -0.139. The lowest BCUT2D eigenvalue weighted by atomic mass is 9.94. The summed E-state index contributed by atoms with van der Waals surface area (Å²) in [5.74, 6) is 1.82. The molecule has 1 amide bonds. The molecule has 0 N–H and O–H groups in total. The van der Waals surface area contributed by atoms with E-state index in [9.17, 15) is 4.79 Å². The number of amides is 1. The minimum Gasteiger partial charge on any atom is -0.354 e. The van der Waals surface area contributed by atoms with Gasteiger partial charge in [0, 0.05) is 49.0 Å². The normalized spacial score (nSPS) is 15.6. The summed E-state index contributed by atoms with van der Waals surface area (Å²) in [5, 5.41) is 0. The minimum atomic E-state index is -0.345. The highest BCUT2D eigenvalue weighted by molar-refractivity contribution is 5.81. The fourth-order valence-corrected chi connectivity index (χ4v) is 3.34. The van der Waals surface area contributed by atoms with Crippen molar-refractivity contribution >= 4 is 11.7 Å². The number of rotatable bonds is 2. The van der Waals surface area contributed by atoms with Crippen LogP contribution in [0.4, 0.5) is 5.82 Å². The number of hydrogen-bond donors (Lipinski definition) is 0. The molecule has 0 saturated carbocycles. The van der Waals surface area contributed by atoms with Crippen LogP contribution in [0.1, 0.15) is 38.4 Å². The first-order valence-corrected chi connectivity index (χ1v) is 9.58. The Morgan fingerprint density at radius 3 is 2.48 bits per heavy atom. The van der Waals surface area contributed by atoms with Gasteiger partial charge >= 0.3 is 0 Å². The number of pyridine rings is 1. The fourth-order valence-electron chi connectivity index (χ4n) is 3.34. The number of hydrogen-bond acceptors (Lipinski definition) is 5. The summed E-state index contributed by atoms with van der Waals surface area (Å²) in [7, 11) is 0. The molecule has 2 aromatic heterocycles. The first-order chi connectivity index (χ1) is 12.8. The van der Waals surface area contributed by atoms with E-state index in [1.807, 2.05) is 50.8 Å². The Hall–Kier alpha value is -2.50. The van der Waals surface area contributed by atoms with Gasteiger partial charge in [-0.15, -0.1) is 0 Å². The summed E-state index contributed by atoms with van der Waals surface area (Å²) in [6, 6.07) is 5.77. The maximum absolute atomic E-state index is 12.6. The zero-order valence-corrected chi connectivity index (χ0v) is 17.0. The molecule has 0 bridgehead atoms. The van der Waals surface area contributed by atoms with E-state index in [4.69, 9.17) is 4.98 Å². The Morgan fingerprint density at radius 2 is 1.81 bits per heavy atom. The predicted octanol–water partition coefficient (Wildman–Crippen LogP) is 3.24. The lowest BCUT2D eigenvalue weighted by Gasteiger charge is -2.29. The molecule has 6 heteroatoms. The van der Waals surface area contributed by atoms with Crippen molar-refractivity contribution in [2.45, 2.75) is 41.0 Å². The Balaban J connectivity index is 1.86. The molecule has 0 unspecified atom stereocenters. The minimum absolute atomic E-state index is 0.217. The molecule has 1 aliphatic rings. The van der Waals surface area contributed by atoms with Gasteiger partial charge in [0.25, 0.3) is 0 Å². The quantitative estimate of drug-likeness (QED) is 0.815. The molecule has 6 nitrogen and oxygen atoms in total. The molecule has 1 aliphatic heterocycles. The number of carbonyl (C=O) groups excluding carboxylic acids is 1. The summed E-state index contributed by atoms with van der Waals surface area (Å²) in [6.45, 7) is 13.2. The maximum atomic E-state index is 12.6. The van der Waals surface area contributed by atoms with Crippen LogP contribution in [0.2, 0.25) is 0 Å². The van der Waals surface area contributed by atoms with E-state index in [2.05, 4.69) is 21.8 Å². The van der Waals surface area contributed by atoms with Gasteiger partial charge in [-0.05, 0) is 32.4 Å². The van der Waals surface area contributed by atoms with Crippen LogP contribution in [0.3, 0.4) is 0 Å². The molecule has 0 spiro atoms. The van der Waals surface area contributed by atoms with Gasteiger partial charge in [0.15, 0.2) is 5.82 Å². The Kier molecular flexibility index (Phi) is 5.44. The van der Waals surface area contributed by atoms with Gasteiger partial charge in [0.1, 0.15) is 11.5 Å². The van der Waals surface area contributed by atoms with Crippen molar-refractivity contribution in [3.05, 3.63) is 35.7 Å². The van der Waals surface area contributed by atoms with Crippen LogP contribution in [0.15, 0.2) is 24.4 Å². The van der Waals surface area contributed by atoms with Crippen molar-refractivity contribution in [1.29, 1.82) is 0 Å². The number of anilines is 1. The van der Waals surface area contributed by atoms with Gasteiger partial charge in [-0.2, -0.15) is 0 Å². The molecule has 0 aromatic carbocycles. The Labute approximate surface area is 161 Å². The van der Waals surface area contributed by atoms with E-state index in [-0.39, 0.29) is 11.3 Å². The van der Waals surface area contributed by atoms with E-state index >= 15 is 0 Å². The fraction of sp³-hybridized carbons (Fsp3) is 0.524. The molecule has 3 heterocycles. The number of aromatic nitrogens is 3. The first kappa shape index (κ1) is 19.3. The SMILES string of the molecule is Cc1nc(-c2ccccn2)nc(N2CCCN(C(=O)C(C)(C)C)CC2)c1C. The highest BCUT2D eigenvalue weighted by Crippen LogP contribution is 2.25. The third kappa shape index (κ3) is 4.26. The zero-order valence-electron chi connectivity index (χ0n) is 17.0. The largest absolute Gasteiger partial charge is 0.354 e. The van der Waals surface area contributed by atoms with Crippen LogP contribution in [0.5, 0.6) is 0 Å². The van der Waals surface area contributed by atoms with Crippen molar-refractivity contribution in [3.8, 4) is 11.5 Å². The molecule has 0 atom stereocenters. The summed E-state index contributed by atoms with van der Waals surface area (Å²) in [4.78, 5) is 30.8. The third-order valence-electron chi connectivity index (χ3n) is 4.98. The monoisotopic (exact) mass is 367 g/mol. The second-order valence-electron chi connectivity index (χ2n) is 8.18. The highest BCUT2D eigenvalue weighted by Gasteiger charge is 2.29. The molecule has 27 heavy (non-hydrogen) atoms. The molecule has 2 aromatic rings. The topological polar surface area (TPSA) is 62.2 Å². The van der Waals surface area contributed by atoms with E-state index < -0.39 is 0 Å². The third-order valence-corrected chi connectivity index (χ3v) is 4.98. The van der Waals surface area contributed by atoms with Gasteiger partial charge in [0.2, 0.25) is 5.91 Å². The van der Waals surface area contributed by atoms with E-state index in [0.717, 1.165) is 55.4 Å². The summed E-state index contributed by atoms with van der Waals surface area (Å²) >= 11 is 0. The Morgan fingerprint density at radius 1 is 1.04 bits per heavy atom. The van der Waals surface area contributed by atoms with Crippen LogP contribution in [0.25, 0.3) is 11.5 Å².